The van der Waals surface area contributed by atoms with Gasteiger partial charge < -0.3 is 5.32 Å². The molecule has 30 heavy (non-hydrogen) atoms. The van der Waals surface area contributed by atoms with Crippen molar-refractivity contribution in [2.75, 3.05) is 5.32 Å². The van der Waals surface area contributed by atoms with Crippen molar-refractivity contribution in [2.45, 2.75) is 13.8 Å². The number of carbonyl (C=O) groups is 1. The van der Waals surface area contributed by atoms with Crippen molar-refractivity contribution < 1.29 is 9.18 Å². The zero-order chi connectivity index (χ0) is 21.4. The van der Waals surface area contributed by atoms with Gasteiger partial charge in [-0.25, -0.2) is 13.9 Å². The average Bonchev–Trinajstić information content (AvgIpc) is 3.23. The summed E-state index contributed by atoms with van der Waals surface area (Å²) in [5, 5.41) is 11.0. The zero-order valence-corrected chi connectivity index (χ0v) is 16.6. The van der Waals surface area contributed by atoms with Crippen molar-refractivity contribution in [1.29, 1.82) is 0 Å². The second kappa shape index (κ2) is 7.43. The molecule has 2 heterocycles. The topological polar surface area (TPSA) is 86.7 Å². The number of hydrogen-bond acceptors (Lipinski definition) is 4. The quantitative estimate of drug-likeness (QED) is 0.565. The van der Waals surface area contributed by atoms with Crippen LogP contribution in [0.15, 0.2) is 59.7 Å². The molecule has 2 aromatic heterocycles. The number of aryl methyl sites for hydroxylation is 3. The van der Waals surface area contributed by atoms with Gasteiger partial charge in [-0.05, 0) is 62.4 Å². The summed E-state index contributed by atoms with van der Waals surface area (Å²) in [6, 6.07) is 12.7. The molecule has 0 atom stereocenters. The third-order valence-corrected chi connectivity index (χ3v) is 4.64. The molecule has 0 saturated carbocycles. The van der Waals surface area contributed by atoms with Gasteiger partial charge in [0.2, 0.25) is 0 Å². The number of nitrogens with zero attached hydrogens (tertiary/aromatic N) is 5. The van der Waals surface area contributed by atoms with Gasteiger partial charge in [0, 0.05) is 24.0 Å². The molecule has 0 radical (unpaired) electrons. The second-order valence-electron chi connectivity index (χ2n) is 6.94. The van der Waals surface area contributed by atoms with Crippen LogP contribution in [0.3, 0.4) is 0 Å². The van der Waals surface area contributed by atoms with E-state index in [0.717, 1.165) is 11.4 Å². The Labute approximate surface area is 171 Å². The molecular formula is C21H19FN6O2. The molecule has 0 aliphatic carbocycles. The third kappa shape index (κ3) is 3.52. The lowest BCUT2D eigenvalue weighted by Crippen LogP contribution is -2.21. The molecule has 0 unspecified atom stereocenters. The molecular weight excluding hydrogens is 387 g/mol. The first kappa shape index (κ1) is 19.3. The van der Waals surface area contributed by atoms with Gasteiger partial charge in [0.05, 0.1) is 11.4 Å². The summed E-state index contributed by atoms with van der Waals surface area (Å²) in [5.41, 5.74) is 2.85. The van der Waals surface area contributed by atoms with Crippen LogP contribution in [0, 0.1) is 19.7 Å². The second-order valence-corrected chi connectivity index (χ2v) is 6.94. The van der Waals surface area contributed by atoms with Crippen LogP contribution in [0.25, 0.3) is 11.4 Å². The van der Waals surface area contributed by atoms with Gasteiger partial charge in [-0.1, -0.05) is 0 Å². The Bertz CT molecular complexity index is 1300. The fraction of sp³-hybridized carbons (Fsp3) is 0.143. The average molecular weight is 406 g/mol. The van der Waals surface area contributed by atoms with Crippen LogP contribution in [-0.4, -0.2) is 30.0 Å². The van der Waals surface area contributed by atoms with Crippen molar-refractivity contribution in [2.24, 2.45) is 7.05 Å². The van der Waals surface area contributed by atoms with Crippen LogP contribution in [0.4, 0.5) is 10.1 Å². The maximum atomic E-state index is 14.6. The fourth-order valence-electron chi connectivity index (χ4n) is 3.14. The molecule has 0 fully saturated rings. The number of amides is 1. The number of benzene rings is 2. The fourth-order valence-corrected chi connectivity index (χ4v) is 3.14. The predicted molar refractivity (Wildman–Crippen MR) is 110 cm³/mol. The maximum Gasteiger partial charge on any atom is 0.350 e. The molecule has 0 spiro atoms. The van der Waals surface area contributed by atoms with Crippen LogP contribution in [0.2, 0.25) is 0 Å². The van der Waals surface area contributed by atoms with Crippen molar-refractivity contribution in [3.63, 3.8) is 0 Å². The van der Waals surface area contributed by atoms with E-state index in [1.165, 1.54) is 32.4 Å². The van der Waals surface area contributed by atoms with Crippen LogP contribution in [0.5, 0.6) is 0 Å². The molecule has 4 aromatic rings. The Hall–Kier alpha value is -4.01. The molecule has 4 rings (SSSR count). The highest BCUT2D eigenvalue weighted by Gasteiger charge is 2.14. The summed E-state index contributed by atoms with van der Waals surface area (Å²) in [6.45, 7) is 3.67. The predicted octanol–water partition coefficient (Wildman–Crippen LogP) is 2.76. The number of halogens is 1. The molecule has 0 aliphatic heterocycles. The molecule has 0 bridgehead atoms. The minimum absolute atomic E-state index is 0.183. The van der Waals surface area contributed by atoms with Gasteiger partial charge in [0.1, 0.15) is 17.8 Å². The number of carbonyl (C=O) groups excluding carboxylic acids is 1. The Balaban J connectivity index is 1.52. The SMILES string of the molecule is Cc1cc(C)n(-c2ccc(C(=O)Nc3ccc(-n4ncn(C)c4=O)cc3)cc2F)n1. The van der Waals surface area contributed by atoms with Gasteiger partial charge in [-0.3, -0.25) is 9.36 Å². The van der Waals surface area contributed by atoms with E-state index in [4.69, 9.17) is 0 Å². The van der Waals surface area contributed by atoms with E-state index in [-0.39, 0.29) is 16.9 Å². The minimum atomic E-state index is -0.543. The standard InChI is InChI=1S/C21H19FN6O2/c1-13-10-14(2)27(25-13)19-9-4-15(11-18(19)22)20(29)24-16-5-7-17(8-6-16)28-21(30)26(3)12-23-28/h4-12H,1-3H3,(H,24,29). The van der Waals surface area contributed by atoms with Gasteiger partial charge in [0.25, 0.3) is 5.91 Å². The van der Waals surface area contributed by atoms with Gasteiger partial charge in [-0.2, -0.15) is 14.9 Å². The van der Waals surface area contributed by atoms with E-state index >= 15 is 0 Å². The minimum Gasteiger partial charge on any atom is -0.322 e. The first-order valence-corrected chi connectivity index (χ1v) is 9.19. The summed E-state index contributed by atoms with van der Waals surface area (Å²) >= 11 is 0. The van der Waals surface area contributed by atoms with Gasteiger partial charge in [0.15, 0.2) is 0 Å². The van der Waals surface area contributed by atoms with Crippen molar-refractivity contribution >= 4 is 11.6 Å². The summed E-state index contributed by atoms with van der Waals surface area (Å²) in [5.74, 6) is -0.990. The normalized spacial score (nSPS) is 10.9. The highest BCUT2D eigenvalue weighted by Crippen LogP contribution is 2.19. The summed E-state index contributed by atoms with van der Waals surface area (Å²) in [7, 11) is 1.61. The maximum absolute atomic E-state index is 14.6. The molecule has 9 heteroatoms. The number of nitrogens with one attached hydrogen (secondary N) is 1. The van der Waals surface area contributed by atoms with Crippen LogP contribution in [-0.2, 0) is 7.05 Å². The van der Waals surface area contributed by atoms with E-state index in [0.29, 0.717) is 11.4 Å². The lowest BCUT2D eigenvalue weighted by molar-refractivity contribution is 0.102. The number of rotatable bonds is 4. The Kier molecular flexibility index (Phi) is 4.78. The zero-order valence-electron chi connectivity index (χ0n) is 16.6. The lowest BCUT2D eigenvalue weighted by Gasteiger charge is -2.09. The van der Waals surface area contributed by atoms with Crippen LogP contribution >= 0.6 is 0 Å². The monoisotopic (exact) mass is 406 g/mol. The van der Waals surface area contributed by atoms with Crippen molar-refractivity contribution in [3.05, 3.63) is 88.1 Å². The van der Waals surface area contributed by atoms with E-state index in [1.54, 1.807) is 37.4 Å². The molecule has 1 amide bonds. The lowest BCUT2D eigenvalue weighted by atomic mass is 10.1. The molecule has 0 saturated heterocycles. The van der Waals surface area contributed by atoms with Crippen molar-refractivity contribution in [3.8, 4) is 11.4 Å². The van der Waals surface area contributed by atoms with E-state index in [2.05, 4.69) is 15.5 Å². The first-order valence-electron chi connectivity index (χ1n) is 9.19. The van der Waals surface area contributed by atoms with Gasteiger partial charge >= 0.3 is 5.69 Å². The number of anilines is 1. The summed E-state index contributed by atoms with van der Waals surface area (Å²) in [4.78, 5) is 24.5. The Morgan fingerprint density at radius 2 is 1.77 bits per heavy atom. The van der Waals surface area contributed by atoms with E-state index in [9.17, 15) is 14.0 Å². The van der Waals surface area contributed by atoms with Crippen LogP contribution < -0.4 is 11.0 Å². The molecule has 8 nitrogen and oxygen atoms in total. The van der Waals surface area contributed by atoms with E-state index in [1.807, 2.05) is 19.9 Å². The molecule has 0 aliphatic rings. The number of hydrogen-bond donors (Lipinski definition) is 1. The number of aromatic nitrogens is 5. The first-order chi connectivity index (χ1) is 14.3. The molecule has 2 aromatic carbocycles. The third-order valence-electron chi connectivity index (χ3n) is 4.64. The van der Waals surface area contributed by atoms with Crippen LogP contribution in [0.1, 0.15) is 21.7 Å². The Morgan fingerprint density at radius 1 is 1.03 bits per heavy atom. The molecule has 1 N–H and O–H groups in total. The van der Waals surface area contributed by atoms with E-state index < -0.39 is 11.7 Å². The molecule has 152 valence electrons. The van der Waals surface area contributed by atoms with Crippen molar-refractivity contribution in [1.82, 2.24) is 24.1 Å². The summed E-state index contributed by atoms with van der Waals surface area (Å²) in [6.07, 6.45) is 1.42. The highest BCUT2D eigenvalue weighted by atomic mass is 19.1. The Morgan fingerprint density at radius 3 is 2.33 bits per heavy atom. The summed E-state index contributed by atoms with van der Waals surface area (Å²) < 4.78 is 18.7. The largest absolute Gasteiger partial charge is 0.350 e. The van der Waals surface area contributed by atoms with Gasteiger partial charge in [-0.15, -0.1) is 0 Å². The smallest absolute Gasteiger partial charge is 0.322 e. The highest BCUT2D eigenvalue weighted by molar-refractivity contribution is 6.04.